The normalized spacial score (nSPS) is 12.6. The van der Waals surface area contributed by atoms with Crippen LogP contribution in [0.2, 0.25) is 0 Å². The molecule has 0 aliphatic carbocycles. The van der Waals surface area contributed by atoms with E-state index >= 15 is 0 Å². The molecule has 0 radical (unpaired) electrons. The first-order valence-electron chi connectivity index (χ1n) is 8.85. The molecule has 0 saturated heterocycles. The second-order valence-corrected chi connectivity index (χ2v) is 7.49. The Labute approximate surface area is 157 Å². The molecule has 2 N–H and O–H groups in total. The lowest BCUT2D eigenvalue weighted by Crippen LogP contribution is -2.36. The SMILES string of the molecule is COc1cc(CNCCCSC)ccc1OC[C@@H](O)CN(C)C(C)C. The quantitative estimate of drug-likeness (QED) is 0.521. The van der Waals surface area contributed by atoms with Crippen molar-refractivity contribution in [2.24, 2.45) is 0 Å². The first kappa shape index (κ1) is 22.1. The van der Waals surface area contributed by atoms with Gasteiger partial charge in [0.1, 0.15) is 12.7 Å². The minimum Gasteiger partial charge on any atom is -0.493 e. The minimum atomic E-state index is -0.533. The summed E-state index contributed by atoms with van der Waals surface area (Å²) >= 11 is 1.87. The van der Waals surface area contributed by atoms with E-state index < -0.39 is 6.10 Å². The maximum absolute atomic E-state index is 10.1. The van der Waals surface area contributed by atoms with Crippen LogP contribution in [0.3, 0.4) is 0 Å². The van der Waals surface area contributed by atoms with Gasteiger partial charge in [0.05, 0.1) is 7.11 Å². The third-order valence-corrected chi connectivity index (χ3v) is 4.77. The molecular weight excluding hydrogens is 336 g/mol. The Balaban J connectivity index is 2.49. The summed E-state index contributed by atoms with van der Waals surface area (Å²) in [5.41, 5.74) is 1.16. The molecule has 0 aliphatic heterocycles. The molecule has 0 unspecified atom stereocenters. The highest BCUT2D eigenvalue weighted by Crippen LogP contribution is 2.28. The monoisotopic (exact) mass is 370 g/mol. The fourth-order valence-electron chi connectivity index (χ4n) is 2.30. The van der Waals surface area contributed by atoms with Gasteiger partial charge in [-0.25, -0.2) is 0 Å². The van der Waals surface area contributed by atoms with Gasteiger partial charge in [-0.15, -0.1) is 0 Å². The van der Waals surface area contributed by atoms with Gasteiger partial charge in [0.2, 0.25) is 0 Å². The number of benzene rings is 1. The van der Waals surface area contributed by atoms with Crippen LogP contribution in [0.4, 0.5) is 0 Å². The zero-order valence-corrected chi connectivity index (χ0v) is 17.1. The molecule has 0 amide bonds. The summed E-state index contributed by atoms with van der Waals surface area (Å²) in [5, 5.41) is 13.6. The van der Waals surface area contributed by atoms with Crippen molar-refractivity contribution in [2.45, 2.75) is 39.0 Å². The van der Waals surface area contributed by atoms with Crippen LogP contribution in [0, 0.1) is 0 Å². The van der Waals surface area contributed by atoms with Crippen molar-refractivity contribution in [1.82, 2.24) is 10.2 Å². The Kier molecular flexibility index (Phi) is 11.0. The average Bonchev–Trinajstić information content (AvgIpc) is 2.60. The van der Waals surface area contributed by atoms with E-state index in [0.29, 0.717) is 24.1 Å². The molecule has 0 fully saturated rings. The largest absolute Gasteiger partial charge is 0.493 e. The smallest absolute Gasteiger partial charge is 0.161 e. The summed E-state index contributed by atoms with van der Waals surface area (Å²) in [5.74, 6) is 2.55. The van der Waals surface area contributed by atoms with Gasteiger partial charge in [0.15, 0.2) is 11.5 Å². The van der Waals surface area contributed by atoms with Crippen molar-refractivity contribution in [2.75, 3.05) is 45.9 Å². The third kappa shape index (κ3) is 8.81. The molecule has 0 heterocycles. The second kappa shape index (κ2) is 12.4. The van der Waals surface area contributed by atoms with E-state index in [1.807, 2.05) is 37.0 Å². The van der Waals surface area contributed by atoms with Gasteiger partial charge in [-0.05, 0) is 63.6 Å². The number of thioether (sulfide) groups is 1. The average molecular weight is 371 g/mol. The number of nitrogens with one attached hydrogen (secondary N) is 1. The van der Waals surface area contributed by atoms with Crippen molar-refractivity contribution >= 4 is 11.8 Å². The summed E-state index contributed by atoms with van der Waals surface area (Å²) in [6.07, 6.45) is 2.76. The summed E-state index contributed by atoms with van der Waals surface area (Å²) in [4.78, 5) is 2.09. The fraction of sp³-hybridized carbons (Fsp3) is 0.684. The predicted octanol–water partition coefficient (Wildman–Crippen LogP) is 2.62. The molecule has 0 aliphatic rings. The maximum Gasteiger partial charge on any atom is 0.161 e. The molecule has 144 valence electrons. The van der Waals surface area contributed by atoms with Gasteiger partial charge in [0.25, 0.3) is 0 Å². The highest BCUT2D eigenvalue weighted by molar-refractivity contribution is 7.98. The van der Waals surface area contributed by atoms with Crippen LogP contribution in [0.15, 0.2) is 18.2 Å². The first-order chi connectivity index (χ1) is 12.0. The van der Waals surface area contributed by atoms with Crippen molar-refractivity contribution in [3.63, 3.8) is 0 Å². The topological polar surface area (TPSA) is 54.0 Å². The fourth-order valence-corrected chi connectivity index (χ4v) is 2.73. The Morgan fingerprint density at radius 3 is 2.68 bits per heavy atom. The number of nitrogens with zero attached hydrogens (tertiary/aromatic N) is 1. The van der Waals surface area contributed by atoms with Gasteiger partial charge in [0, 0.05) is 19.1 Å². The predicted molar refractivity (Wildman–Crippen MR) is 107 cm³/mol. The lowest BCUT2D eigenvalue weighted by molar-refractivity contribution is 0.0668. The molecular formula is C19H34N2O3S. The van der Waals surface area contributed by atoms with Crippen LogP contribution in [-0.4, -0.2) is 68.0 Å². The molecule has 0 bridgehead atoms. The third-order valence-electron chi connectivity index (χ3n) is 4.07. The molecule has 0 spiro atoms. The summed E-state index contributed by atoms with van der Waals surface area (Å²) in [6, 6.07) is 6.33. The molecule has 1 atom stereocenters. The Bertz CT molecular complexity index is 486. The van der Waals surface area contributed by atoms with Crippen LogP contribution in [0.1, 0.15) is 25.8 Å². The van der Waals surface area contributed by atoms with Crippen LogP contribution >= 0.6 is 11.8 Å². The molecule has 0 saturated carbocycles. The zero-order valence-electron chi connectivity index (χ0n) is 16.2. The number of hydrogen-bond donors (Lipinski definition) is 2. The molecule has 6 heteroatoms. The van der Waals surface area contributed by atoms with E-state index in [4.69, 9.17) is 9.47 Å². The number of likely N-dealkylation sites (N-methyl/N-ethyl adjacent to an activating group) is 1. The van der Waals surface area contributed by atoms with E-state index in [-0.39, 0.29) is 6.61 Å². The summed E-state index contributed by atoms with van der Waals surface area (Å²) in [6.45, 7) is 6.86. The maximum atomic E-state index is 10.1. The highest BCUT2D eigenvalue weighted by atomic mass is 32.2. The number of methoxy groups -OCH3 is 1. The Morgan fingerprint density at radius 1 is 1.28 bits per heavy atom. The van der Waals surface area contributed by atoms with Gasteiger partial charge in [-0.2, -0.15) is 11.8 Å². The van der Waals surface area contributed by atoms with Crippen LogP contribution in [-0.2, 0) is 6.54 Å². The van der Waals surface area contributed by atoms with Crippen LogP contribution in [0.25, 0.3) is 0 Å². The molecule has 1 aromatic carbocycles. The van der Waals surface area contributed by atoms with Gasteiger partial charge >= 0.3 is 0 Å². The minimum absolute atomic E-state index is 0.250. The van der Waals surface area contributed by atoms with E-state index in [1.54, 1.807) is 7.11 Å². The zero-order chi connectivity index (χ0) is 18.7. The van der Waals surface area contributed by atoms with E-state index in [9.17, 15) is 5.11 Å². The Morgan fingerprint density at radius 2 is 2.04 bits per heavy atom. The van der Waals surface area contributed by atoms with E-state index in [2.05, 4.69) is 30.3 Å². The number of hydrogen-bond acceptors (Lipinski definition) is 6. The molecule has 5 nitrogen and oxygen atoms in total. The van der Waals surface area contributed by atoms with Crippen molar-refractivity contribution < 1.29 is 14.6 Å². The Hall–Kier alpha value is -0.950. The van der Waals surface area contributed by atoms with E-state index in [1.165, 1.54) is 12.2 Å². The van der Waals surface area contributed by atoms with Crippen molar-refractivity contribution in [3.8, 4) is 11.5 Å². The number of ether oxygens (including phenoxy) is 2. The van der Waals surface area contributed by atoms with E-state index in [0.717, 1.165) is 18.7 Å². The van der Waals surface area contributed by atoms with Gasteiger partial charge in [-0.1, -0.05) is 6.07 Å². The van der Waals surface area contributed by atoms with Gasteiger partial charge < -0.3 is 24.8 Å². The van der Waals surface area contributed by atoms with Crippen molar-refractivity contribution in [3.05, 3.63) is 23.8 Å². The highest BCUT2D eigenvalue weighted by Gasteiger charge is 2.13. The number of aliphatic hydroxyl groups excluding tert-OH is 1. The van der Waals surface area contributed by atoms with Crippen LogP contribution < -0.4 is 14.8 Å². The van der Waals surface area contributed by atoms with Crippen molar-refractivity contribution in [1.29, 1.82) is 0 Å². The molecule has 25 heavy (non-hydrogen) atoms. The molecule has 1 aromatic rings. The van der Waals surface area contributed by atoms with Crippen LogP contribution in [0.5, 0.6) is 11.5 Å². The number of aliphatic hydroxyl groups is 1. The lowest BCUT2D eigenvalue weighted by Gasteiger charge is -2.24. The lowest BCUT2D eigenvalue weighted by atomic mass is 10.2. The summed E-state index contributed by atoms with van der Waals surface area (Å²) in [7, 11) is 3.64. The van der Waals surface area contributed by atoms with Gasteiger partial charge in [-0.3, -0.25) is 0 Å². The first-order valence-corrected chi connectivity index (χ1v) is 10.2. The molecule has 0 aromatic heterocycles. The standard InChI is InChI=1S/C19H34N2O3S/c1-15(2)21(3)13-17(22)14-24-18-8-7-16(11-19(18)23-4)12-20-9-6-10-25-5/h7-8,11,15,17,20,22H,6,9-10,12-14H2,1-5H3/t17-/m0/s1. The second-order valence-electron chi connectivity index (χ2n) is 6.51. The molecule has 1 rings (SSSR count). The number of rotatable bonds is 13. The summed E-state index contributed by atoms with van der Waals surface area (Å²) < 4.78 is 11.2.